The second-order valence-corrected chi connectivity index (χ2v) is 5.24. The highest BCUT2D eigenvalue weighted by Gasteiger charge is 2.30. The highest BCUT2D eigenvalue weighted by atomic mass is 32.2. The first-order chi connectivity index (χ1) is 9.36. The molecule has 0 aliphatic carbocycles. The summed E-state index contributed by atoms with van der Waals surface area (Å²) in [5, 5.41) is 1.11. The van der Waals surface area contributed by atoms with Gasteiger partial charge in [0, 0.05) is 18.4 Å². The summed E-state index contributed by atoms with van der Waals surface area (Å²) < 4.78 is 37.2. The van der Waals surface area contributed by atoms with E-state index in [0.29, 0.717) is 10.1 Å². The molecule has 2 heterocycles. The molecule has 0 saturated carbocycles. The summed E-state index contributed by atoms with van der Waals surface area (Å²) in [6, 6.07) is 5.83. The van der Waals surface area contributed by atoms with Crippen molar-refractivity contribution in [2.75, 3.05) is 0 Å². The third-order valence-electron chi connectivity index (χ3n) is 2.56. The normalized spacial score (nSPS) is 13.2. The van der Waals surface area contributed by atoms with Crippen LogP contribution in [0.5, 0.6) is 0 Å². The van der Waals surface area contributed by atoms with Gasteiger partial charge in [0.25, 0.3) is 0 Å². The molecule has 0 fully saturated rings. The molecule has 0 aliphatic rings. The maximum atomic E-state index is 12.4. The van der Waals surface area contributed by atoms with Crippen molar-refractivity contribution < 1.29 is 13.2 Å². The van der Waals surface area contributed by atoms with Crippen molar-refractivity contribution >= 4 is 11.8 Å². The van der Waals surface area contributed by atoms with Crippen LogP contribution in [0, 0.1) is 0 Å². The van der Waals surface area contributed by atoms with Crippen LogP contribution in [0.3, 0.4) is 0 Å². The number of aromatic nitrogens is 2. The van der Waals surface area contributed by atoms with E-state index in [1.165, 1.54) is 17.8 Å². The SMILES string of the molecule is C[C@@H](N)c1ccc(Sc2ccc(C(F)(F)F)cn2)nc1. The summed E-state index contributed by atoms with van der Waals surface area (Å²) in [4.78, 5) is 7.96. The third kappa shape index (κ3) is 3.71. The van der Waals surface area contributed by atoms with E-state index in [1.807, 2.05) is 13.0 Å². The summed E-state index contributed by atoms with van der Waals surface area (Å²) >= 11 is 1.20. The van der Waals surface area contributed by atoms with Crippen LogP contribution in [0.15, 0.2) is 46.7 Å². The highest BCUT2D eigenvalue weighted by molar-refractivity contribution is 7.99. The molecule has 106 valence electrons. The van der Waals surface area contributed by atoms with E-state index in [-0.39, 0.29) is 6.04 Å². The monoisotopic (exact) mass is 299 g/mol. The van der Waals surface area contributed by atoms with E-state index in [2.05, 4.69) is 9.97 Å². The fourth-order valence-corrected chi connectivity index (χ4v) is 2.13. The molecule has 0 spiro atoms. The number of nitrogens with zero attached hydrogens (tertiary/aromatic N) is 2. The predicted molar refractivity (Wildman–Crippen MR) is 70.2 cm³/mol. The Kier molecular flexibility index (Phi) is 4.29. The first kappa shape index (κ1) is 14.8. The Bertz CT molecular complexity index is 565. The zero-order valence-electron chi connectivity index (χ0n) is 10.6. The number of alkyl halides is 3. The van der Waals surface area contributed by atoms with Gasteiger partial charge in [0.1, 0.15) is 10.1 Å². The molecule has 1 atom stereocenters. The van der Waals surface area contributed by atoms with Crippen LogP contribution in [-0.4, -0.2) is 9.97 Å². The van der Waals surface area contributed by atoms with E-state index in [1.54, 1.807) is 12.3 Å². The van der Waals surface area contributed by atoms with Gasteiger partial charge in [0.05, 0.1) is 5.56 Å². The molecule has 3 nitrogen and oxygen atoms in total. The van der Waals surface area contributed by atoms with Gasteiger partial charge in [-0.3, -0.25) is 0 Å². The zero-order valence-corrected chi connectivity index (χ0v) is 11.4. The van der Waals surface area contributed by atoms with Gasteiger partial charge in [-0.05, 0) is 30.7 Å². The molecule has 0 radical (unpaired) electrons. The van der Waals surface area contributed by atoms with Crippen molar-refractivity contribution in [2.45, 2.75) is 29.2 Å². The van der Waals surface area contributed by atoms with Crippen molar-refractivity contribution in [1.82, 2.24) is 9.97 Å². The quantitative estimate of drug-likeness (QED) is 0.939. The van der Waals surface area contributed by atoms with Gasteiger partial charge in [-0.25, -0.2) is 9.97 Å². The molecular weight excluding hydrogens is 287 g/mol. The lowest BCUT2D eigenvalue weighted by molar-refractivity contribution is -0.137. The molecule has 0 bridgehead atoms. The van der Waals surface area contributed by atoms with Gasteiger partial charge >= 0.3 is 6.18 Å². The summed E-state index contributed by atoms with van der Waals surface area (Å²) in [6.07, 6.45) is -1.90. The van der Waals surface area contributed by atoms with Crippen molar-refractivity contribution in [3.05, 3.63) is 47.8 Å². The Morgan fingerprint density at radius 1 is 1.05 bits per heavy atom. The van der Waals surface area contributed by atoms with Gasteiger partial charge in [-0.2, -0.15) is 13.2 Å². The van der Waals surface area contributed by atoms with E-state index in [9.17, 15) is 13.2 Å². The van der Waals surface area contributed by atoms with Crippen molar-refractivity contribution in [3.63, 3.8) is 0 Å². The van der Waals surface area contributed by atoms with Crippen LogP contribution >= 0.6 is 11.8 Å². The van der Waals surface area contributed by atoms with Crippen LogP contribution in [0.25, 0.3) is 0 Å². The fourth-order valence-electron chi connectivity index (χ4n) is 1.44. The maximum absolute atomic E-state index is 12.4. The molecule has 0 aliphatic heterocycles. The van der Waals surface area contributed by atoms with E-state index >= 15 is 0 Å². The van der Waals surface area contributed by atoms with Crippen molar-refractivity contribution in [3.8, 4) is 0 Å². The molecule has 2 aromatic heterocycles. The van der Waals surface area contributed by atoms with Crippen molar-refractivity contribution in [2.24, 2.45) is 5.73 Å². The Hall–Kier alpha value is -1.60. The summed E-state index contributed by atoms with van der Waals surface area (Å²) in [6.45, 7) is 1.85. The molecule has 7 heteroatoms. The second kappa shape index (κ2) is 5.80. The number of hydrogen-bond acceptors (Lipinski definition) is 4. The van der Waals surface area contributed by atoms with Gasteiger partial charge in [-0.1, -0.05) is 17.8 Å². The average Bonchev–Trinajstić information content (AvgIpc) is 2.39. The molecule has 0 amide bonds. The summed E-state index contributed by atoms with van der Waals surface area (Å²) in [5.74, 6) is 0. The van der Waals surface area contributed by atoms with Crippen LogP contribution in [0.1, 0.15) is 24.1 Å². The minimum atomic E-state index is -4.37. The maximum Gasteiger partial charge on any atom is 0.417 e. The van der Waals surface area contributed by atoms with Crippen LogP contribution in [-0.2, 0) is 6.18 Å². The van der Waals surface area contributed by atoms with Crippen molar-refractivity contribution in [1.29, 1.82) is 0 Å². The topological polar surface area (TPSA) is 51.8 Å². The molecule has 0 aromatic carbocycles. The average molecular weight is 299 g/mol. The fraction of sp³-hybridized carbons (Fsp3) is 0.231. The van der Waals surface area contributed by atoms with Gasteiger partial charge < -0.3 is 5.73 Å². The highest BCUT2D eigenvalue weighted by Crippen LogP contribution is 2.31. The lowest BCUT2D eigenvalue weighted by Gasteiger charge is -2.07. The molecule has 0 saturated heterocycles. The minimum Gasteiger partial charge on any atom is -0.324 e. The number of pyridine rings is 2. The lowest BCUT2D eigenvalue weighted by Crippen LogP contribution is -2.05. The number of nitrogens with two attached hydrogens (primary N) is 1. The number of rotatable bonds is 3. The van der Waals surface area contributed by atoms with E-state index in [0.717, 1.165) is 17.8 Å². The second-order valence-electron chi connectivity index (χ2n) is 4.20. The Morgan fingerprint density at radius 2 is 1.65 bits per heavy atom. The Labute approximate surface area is 118 Å². The first-order valence-electron chi connectivity index (χ1n) is 5.79. The van der Waals surface area contributed by atoms with Crippen LogP contribution in [0.2, 0.25) is 0 Å². The van der Waals surface area contributed by atoms with E-state index < -0.39 is 11.7 Å². The third-order valence-corrected chi connectivity index (χ3v) is 3.46. The molecule has 0 unspecified atom stereocenters. The van der Waals surface area contributed by atoms with E-state index in [4.69, 9.17) is 5.73 Å². The Morgan fingerprint density at radius 3 is 2.05 bits per heavy atom. The minimum absolute atomic E-state index is 0.106. The molecule has 20 heavy (non-hydrogen) atoms. The van der Waals surface area contributed by atoms with Gasteiger partial charge in [-0.15, -0.1) is 0 Å². The lowest BCUT2D eigenvalue weighted by atomic mass is 10.2. The summed E-state index contributed by atoms with van der Waals surface area (Å²) in [5.41, 5.74) is 5.84. The van der Waals surface area contributed by atoms with Crippen LogP contribution in [0.4, 0.5) is 13.2 Å². The standard InChI is InChI=1S/C13H12F3N3S/c1-8(17)9-2-4-11(18-6-9)20-12-5-3-10(7-19-12)13(14,15)16/h2-8H,17H2,1H3/t8-/m1/s1. The number of halogens is 3. The zero-order chi connectivity index (χ0) is 14.8. The smallest absolute Gasteiger partial charge is 0.324 e. The largest absolute Gasteiger partial charge is 0.417 e. The first-order valence-corrected chi connectivity index (χ1v) is 6.60. The molecule has 2 aromatic rings. The number of hydrogen-bond donors (Lipinski definition) is 1. The molecule has 2 rings (SSSR count). The molecular formula is C13H12F3N3S. The summed E-state index contributed by atoms with van der Waals surface area (Å²) in [7, 11) is 0. The van der Waals surface area contributed by atoms with Gasteiger partial charge in [0.15, 0.2) is 0 Å². The Balaban J connectivity index is 2.10. The van der Waals surface area contributed by atoms with Crippen LogP contribution < -0.4 is 5.73 Å². The van der Waals surface area contributed by atoms with Gasteiger partial charge in [0.2, 0.25) is 0 Å². The predicted octanol–water partition coefficient (Wildman–Crippen LogP) is 3.67. The molecule has 2 N–H and O–H groups in total.